The molecule has 0 aliphatic carbocycles. The van der Waals surface area contributed by atoms with Crippen molar-refractivity contribution in [2.45, 2.75) is 70.8 Å². The first kappa shape index (κ1) is 24.4. The van der Waals surface area contributed by atoms with Crippen molar-refractivity contribution in [2.75, 3.05) is 27.7 Å². The summed E-state index contributed by atoms with van der Waals surface area (Å²) in [6, 6.07) is 0. The van der Waals surface area contributed by atoms with Crippen LogP contribution in [0.2, 0.25) is 0 Å². The van der Waals surface area contributed by atoms with E-state index >= 15 is 0 Å². The molecule has 0 aromatic heterocycles. The summed E-state index contributed by atoms with van der Waals surface area (Å²) in [5.74, 6) is -1.23. The number of hydrogen-bond acceptors (Lipinski definition) is 3. The summed E-state index contributed by atoms with van der Waals surface area (Å²) in [4.78, 5) is 22.9. The molecule has 0 radical (unpaired) electrons. The number of carbonyl (C=O) groups excluding carboxylic acids is 1. The molecule has 150 valence electrons. The van der Waals surface area contributed by atoms with Crippen molar-refractivity contribution in [1.82, 2.24) is 0 Å². The Morgan fingerprint density at radius 2 is 1.62 bits per heavy atom. The number of likely N-dealkylation sites (N-methyl/N-ethyl adjacent to an activating group) is 1. The van der Waals surface area contributed by atoms with Crippen LogP contribution in [0.1, 0.15) is 64.7 Å². The van der Waals surface area contributed by atoms with E-state index in [0.717, 1.165) is 32.1 Å². The molecule has 26 heavy (non-hydrogen) atoms. The van der Waals surface area contributed by atoms with Gasteiger partial charge in [-0.05, 0) is 25.7 Å². The number of nitrogens with zero attached hydrogens (tertiary/aromatic N) is 1. The number of carboxylic acids is 1. The van der Waals surface area contributed by atoms with Crippen LogP contribution in [0.4, 0.5) is 0 Å². The van der Waals surface area contributed by atoms with Crippen LogP contribution in [-0.2, 0) is 14.3 Å². The molecule has 0 rings (SSSR count). The summed E-state index contributed by atoms with van der Waals surface area (Å²) < 4.78 is 5.93. The van der Waals surface area contributed by atoms with Gasteiger partial charge in [-0.15, -0.1) is 0 Å². The number of carbonyl (C=O) groups is 2. The lowest BCUT2D eigenvalue weighted by molar-refractivity contribution is -0.873. The van der Waals surface area contributed by atoms with Crippen molar-refractivity contribution >= 4 is 11.9 Å². The third kappa shape index (κ3) is 17.2. The molecule has 0 aliphatic heterocycles. The average molecular weight is 369 g/mol. The van der Waals surface area contributed by atoms with Crippen LogP contribution in [0.5, 0.6) is 0 Å². The molecule has 0 fully saturated rings. The second-order valence-corrected chi connectivity index (χ2v) is 7.78. The second-order valence-electron chi connectivity index (χ2n) is 7.78. The van der Waals surface area contributed by atoms with E-state index in [0.29, 0.717) is 17.4 Å². The van der Waals surface area contributed by atoms with Gasteiger partial charge in [-0.2, -0.15) is 0 Å². The quantitative estimate of drug-likeness (QED) is 0.202. The summed E-state index contributed by atoms with van der Waals surface area (Å²) in [5, 5.41) is 8.96. The third-order valence-electron chi connectivity index (χ3n) is 3.81. The highest BCUT2D eigenvalue weighted by Crippen LogP contribution is 2.10. The van der Waals surface area contributed by atoms with Crippen molar-refractivity contribution in [3.05, 3.63) is 24.3 Å². The summed E-state index contributed by atoms with van der Waals surface area (Å²) in [7, 11) is 5.86. The topological polar surface area (TPSA) is 63.6 Å². The van der Waals surface area contributed by atoms with Crippen LogP contribution in [-0.4, -0.2) is 55.3 Å². The predicted octanol–water partition coefficient (Wildman–Crippen LogP) is 4.33. The maximum atomic E-state index is 11.9. The Balaban J connectivity index is 3.90. The molecule has 0 saturated carbocycles. The Morgan fingerprint density at radius 1 is 1.00 bits per heavy atom. The molecule has 1 N–H and O–H groups in total. The van der Waals surface area contributed by atoms with Gasteiger partial charge in [-0.3, -0.25) is 9.59 Å². The van der Waals surface area contributed by atoms with Crippen molar-refractivity contribution in [1.29, 1.82) is 0 Å². The Labute approximate surface area is 159 Å². The number of hydrogen-bond donors (Lipinski definition) is 1. The van der Waals surface area contributed by atoms with E-state index in [-0.39, 0.29) is 12.4 Å². The molecule has 5 heteroatoms. The molecule has 1 atom stereocenters. The molecule has 0 spiro atoms. The molecule has 0 bridgehead atoms. The second kappa shape index (κ2) is 14.5. The lowest BCUT2D eigenvalue weighted by atomic mass is 10.1. The van der Waals surface area contributed by atoms with E-state index < -0.39 is 12.1 Å². The zero-order chi connectivity index (χ0) is 19.8. The summed E-state index contributed by atoms with van der Waals surface area (Å²) in [6.07, 6.45) is 15.6. The molecule has 0 aromatic carbocycles. The fraction of sp³-hybridized carbons (Fsp3) is 0.714. The van der Waals surface area contributed by atoms with Gasteiger partial charge in [0.2, 0.25) is 0 Å². The minimum Gasteiger partial charge on any atom is -0.481 e. The maximum Gasteiger partial charge on any atom is 0.307 e. The smallest absolute Gasteiger partial charge is 0.307 e. The van der Waals surface area contributed by atoms with Crippen LogP contribution in [0, 0.1) is 0 Å². The number of rotatable bonds is 15. The van der Waals surface area contributed by atoms with E-state index in [9.17, 15) is 9.59 Å². The predicted molar refractivity (Wildman–Crippen MR) is 106 cm³/mol. The van der Waals surface area contributed by atoms with Crippen molar-refractivity contribution in [3.8, 4) is 0 Å². The number of carboxylic acid groups (broad SMARTS) is 1. The standard InChI is InChI=1S/C21H37NO4/c1-5-6-7-8-9-10-11-12-13-14-15-16-21(25)26-19(17-20(23)24)18-22(2,3)4/h8-11,19H,5-7,12-18H2,1-4H3/p+1/b9-8+,11-10+. The molecule has 0 aromatic rings. The number of unbranched alkanes of at least 4 members (excludes halogenated alkanes) is 5. The molecular weight excluding hydrogens is 330 g/mol. The normalized spacial score (nSPS) is 13.4. The molecule has 0 saturated heterocycles. The van der Waals surface area contributed by atoms with Gasteiger partial charge in [0.05, 0.1) is 27.6 Å². The van der Waals surface area contributed by atoms with Crippen LogP contribution in [0.15, 0.2) is 24.3 Å². The van der Waals surface area contributed by atoms with Crippen molar-refractivity contribution in [3.63, 3.8) is 0 Å². The highest BCUT2D eigenvalue weighted by molar-refractivity contribution is 5.71. The Kier molecular flexibility index (Phi) is 13.6. The number of quaternary nitrogens is 1. The highest BCUT2D eigenvalue weighted by atomic mass is 16.5. The summed E-state index contributed by atoms with van der Waals surface area (Å²) in [6.45, 7) is 2.68. The molecule has 0 heterocycles. The van der Waals surface area contributed by atoms with E-state index in [1.807, 2.05) is 21.1 Å². The molecule has 5 nitrogen and oxygen atoms in total. The SMILES string of the molecule is CCCC/C=C/C=C/CCCCCC(=O)OC(CC(=O)O)C[N+](C)(C)C. The van der Waals surface area contributed by atoms with Crippen molar-refractivity contribution in [2.24, 2.45) is 0 Å². The van der Waals surface area contributed by atoms with Crippen LogP contribution in [0.25, 0.3) is 0 Å². The number of ether oxygens (including phenoxy) is 1. The van der Waals surface area contributed by atoms with E-state index in [2.05, 4.69) is 31.2 Å². The van der Waals surface area contributed by atoms with Crippen LogP contribution >= 0.6 is 0 Å². The molecular formula is C21H38NO4+. The van der Waals surface area contributed by atoms with Crippen LogP contribution in [0.3, 0.4) is 0 Å². The molecule has 1 unspecified atom stereocenters. The van der Waals surface area contributed by atoms with E-state index in [1.165, 1.54) is 12.8 Å². The lowest BCUT2D eigenvalue weighted by Crippen LogP contribution is -2.43. The third-order valence-corrected chi connectivity index (χ3v) is 3.81. The largest absolute Gasteiger partial charge is 0.481 e. The summed E-state index contributed by atoms with van der Waals surface area (Å²) >= 11 is 0. The van der Waals surface area contributed by atoms with Gasteiger partial charge < -0.3 is 14.3 Å². The number of esters is 1. The van der Waals surface area contributed by atoms with Gasteiger partial charge in [-0.25, -0.2) is 0 Å². The minimum absolute atomic E-state index is 0.141. The first-order valence-corrected chi connectivity index (χ1v) is 9.78. The lowest BCUT2D eigenvalue weighted by Gasteiger charge is -2.28. The van der Waals surface area contributed by atoms with Gasteiger partial charge in [0.25, 0.3) is 0 Å². The van der Waals surface area contributed by atoms with Gasteiger partial charge >= 0.3 is 11.9 Å². The van der Waals surface area contributed by atoms with Gasteiger partial charge in [-0.1, -0.05) is 50.5 Å². The monoisotopic (exact) mass is 368 g/mol. The van der Waals surface area contributed by atoms with E-state index in [4.69, 9.17) is 9.84 Å². The van der Waals surface area contributed by atoms with E-state index in [1.54, 1.807) is 0 Å². The van der Waals surface area contributed by atoms with Crippen molar-refractivity contribution < 1.29 is 23.9 Å². The Hall–Kier alpha value is -1.62. The minimum atomic E-state index is -0.938. The highest BCUT2D eigenvalue weighted by Gasteiger charge is 2.24. The Bertz CT molecular complexity index is 449. The number of allylic oxidation sites excluding steroid dienone is 4. The zero-order valence-corrected chi connectivity index (χ0v) is 17.1. The van der Waals surface area contributed by atoms with Crippen LogP contribution < -0.4 is 0 Å². The first-order chi connectivity index (χ1) is 12.2. The maximum absolute atomic E-state index is 11.9. The van der Waals surface area contributed by atoms with Gasteiger partial charge in [0, 0.05) is 6.42 Å². The van der Waals surface area contributed by atoms with Gasteiger partial charge in [0.15, 0.2) is 6.10 Å². The fourth-order valence-corrected chi connectivity index (χ4v) is 2.57. The Morgan fingerprint density at radius 3 is 2.15 bits per heavy atom. The number of aliphatic carboxylic acids is 1. The summed E-state index contributed by atoms with van der Waals surface area (Å²) in [5.41, 5.74) is 0. The fourth-order valence-electron chi connectivity index (χ4n) is 2.57. The zero-order valence-electron chi connectivity index (χ0n) is 17.1. The average Bonchev–Trinajstić information content (AvgIpc) is 2.50. The molecule has 0 aliphatic rings. The van der Waals surface area contributed by atoms with Gasteiger partial charge in [0.1, 0.15) is 6.54 Å². The molecule has 0 amide bonds. The first-order valence-electron chi connectivity index (χ1n) is 9.78.